The van der Waals surface area contributed by atoms with Crippen molar-refractivity contribution in [3.63, 3.8) is 0 Å². The topological polar surface area (TPSA) is 79.3 Å². The van der Waals surface area contributed by atoms with Crippen LogP contribution in [0.2, 0.25) is 0 Å². The molecule has 0 saturated carbocycles. The summed E-state index contributed by atoms with van der Waals surface area (Å²) in [5.74, 6) is 0.323. The molecule has 29 heavy (non-hydrogen) atoms. The zero-order chi connectivity index (χ0) is 19.5. The van der Waals surface area contributed by atoms with Crippen LogP contribution in [-0.2, 0) is 29.7 Å². The van der Waals surface area contributed by atoms with Crippen LogP contribution in [0, 0.1) is 5.92 Å². The van der Waals surface area contributed by atoms with Crippen LogP contribution in [0.5, 0.6) is 0 Å². The monoisotopic (exact) mass is 417 g/mol. The van der Waals surface area contributed by atoms with Gasteiger partial charge < -0.3 is 15.5 Å². The van der Waals surface area contributed by atoms with Gasteiger partial charge in [0.15, 0.2) is 0 Å². The molecule has 1 aromatic carbocycles. The number of aromatic nitrogens is 2. The summed E-state index contributed by atoms with van der Waals surface area (Å²) in [6.45, 7) is 3.38. The van der Waals surface area contributed by atoms with E-state index in [1.165, 1.54) is 0 Å². The van der Waals surface area contributed by atoms with Gasteiger partial charge in [0.05, 0.1) is 12.1 Å². The highest BCUT2D eigenvalue weighted by atomic mass is 35.5. The Balaban J connectivity index is 0.00000240. The second-order valence-corrected chi connectivity index (χ2v) is 7.72. The van der Waals surface area contributed by atoms with E-state index in [4.69, 9.17) is 0 Å². The Labute approximate surface area is 177 Å². The highest BCUT2D eigenvalue weighted by Gasteiger charge is 2.34. The molecule has 0 bridgehead atoms. The van der Waals surface area contributed by atoms with Gasteiger partial charge in [0.2, 0.25) is 11.8 Å². The Bertz CT molecular complexity index is 868. The Morgan fingerprint density at radius 1 is 1.28 bits per heavy atom. The first-order chi connectivity index (χ1) is 13.6. The number of amides is 2. The molecule has 2 saturated heterocycles. The lowest BCUT2D eigenvalue weighted by Gasteiger charge is -2.20. The summed E-state index contributed by atoms with van der Waals surface area (Å²) in [7, 11) is 1.89. The number of rotatable bonds is 6. The van der Waals surface area contributed by atoms with Gasteiger partial charge in [-0.15, -0.1) is 12.4 Å². The summed E-state index contributed by atoms with van der Waals surface area (Å²) in [4.78, 5) is 26.7. The number of nitrogens with zero attached hydrogens (tertiary/aromatic N) is 3. The fourth-order valence-electron chi connectivity index (χ4n) is 4.21. The summed E-state index contributed by atoms with van der Waals surface area (Å²) in [5, 5.41) is 10.7. The maximum absolute atomic E-state index is 12.9. The first-order valence-electron chi connectivity index (χ1n) is 9.93. The largest absolute Gasteiger partial charge is 0.352 e. The van der Waals surface area contributed by atoms with Crippen molar-refractivity contribution < 1.29 is 9.59 Å². The van der Waals surface area contributed by atoms with Crippen LogP contribution >= 0.6 is 12.4 Å². The van der Waals surface area contributed by atoms with Crippen LogP contribution in [-0.4, -0.2) is 46.1 Å². The zero-order valence-corrected chi connectivity index (χ0v) is 17.5. The van der Waals surface area contributed by atoms with E-state index in [2.05, 4.69) is 15.7 Å². The van der Waals surface area contributed by atoms with E-state index < -0.39 is 0 Å². The Kier molecular flexibility index (Phi) is 6.92. The van der Waals surface area contributed by atoms with Crippen LogP contribution in [0.4, 0.5) is 0 Å². The van der Waals surface area contributed by atoms with Gasteiger partial charge in [0, 0.05) is 58.3 Å². The van der Waals surface area contributed by atoms with Gasteiger partial charge in [-0.25, -0.2) is 0 Å². The third-order valence-electron chi connectivity index (χ3n) is 5.81. The fourth-order valence-corrected chi connectivity index (χ4v) is 4.21. The summed E-state index contributed by atoms with van der Waals surface area (Å²) in [6.07, 6.45) is 5.41. The van der Waals surface area contributed by atoms with E-state index in [-0.39, 0.29) is 36.1 Å². The molecule has 2 aliphatic rings. The van der Waals surface area contributed by atoms with E-state index in [0.717, 1.165) is 36.2 Å². The average molecular weight is 418 g/mol. The lowest BCUT2D eigenvalue weighted by atomic mass is 9.90. The molecule has 0 radical (unpaired) electrons. The molecule has 156 valence electrons. The number of carbonyl (C=O) groups excluding carboxylic acids is 2. The number of likely N-dealkylation sites (tertiary alicyclic amines) is 1. The minimum absolute atomic E-state index is 0. The predicted molar refractivity (Wildman–Crippen MR) is 112 cm³/mol. The summed E-state index contributed by atoms with van der Waals surface area (Å²) in [5.41, 5.74) is 3.27. The van der Waals surface area contributed by atoms with Crippen molar-refractivity contribution in [3.8, 4) is 0 Å². The highest BCUT2D eigenvalue weighted by Crippen LogP contribution is 2.28. The van der Waals surface area contributed by atoms with Crippen LogP contribution in [0.25, 0.3) is 0 Å². The van der Waals surface area contributed by atoms with Gasteiger partial charge in [0.25, 0.3) is 0 Å². The van der Waals surface area contributed by atoms with E-state index in [0.29, 0.717) is 26.1 Å². The predicted octanol–water partition coefficient (Wildman–Crippen LogP) is 1.58. The molecule has 7 nitrogen and oxygen atoms in total. The third kappa shape index (κ3) is 4.79. The van der Waals surface area contributed by atoms with Crippen molar-refractivity contribution >= 4 is 24.2 Å². The molecule has 2 N–H and O–H groups in total. The van der Waals surface area contributed by atoms with E-state index >= 15 is 0 Å². The molecule has 0 aliphatic carbocycles. The molecule has 0 spiro atoms. The number of nitrogens with one attached hydrogen (secondary N) is 2. The molecule has 8 heteroatoms. The lowest BCUT2D eigenvalue weighted by molar-refractivity contribution is -0.128. The number of benzene rings is 1. The maximum atomic E-state index is 12.9. The molecule has 1 aromatic heterocycles. The van der Waals surface area contributed by atoms with Crippen LogP contribution in [0.3, 0.4) is 0 Å². The number of halogens is 1. The summed E-state index contributed by atoms with van der Waals surface area (Å²) in [6, 6.07) is 8.04. The molecule has 4 rings (SSSR count). The van der Waals surface area contributed by atoms with Gasteiger partial charge >= 0.3 is 0 Å². The number of hydrogen-bond donors (Lipinski definition) is 2. The molecule has 2 aromatic rings. The highest BCUT2D eigenvalue weighted by molar-refractivity contribution is 5.85. The number of carbonyl (C=O) groups is 2. The summed E-state index contributed by atoms with van der Waals surface area (Å²) < 4.78 is 1.78. The average Bonchev–Trinajstić information content (AvgIpc) is 3.42. The van der Waals surface area contributed by atoms with Crippen molar-refractivity contribution in [2.75, 3.05) is 19.6 Å². The van der Waals surface area contributed by atoms with Gasteiger partial charge in [-0.1, -0.05) is 24.3 Å². The van der Waals surface area contributed by atoms with Crippen molar-refractivity contribution in [2.45, 2.75) is 31.8 Å². The Hall–Kier alpha value is -2.38. The number of hydrogen-bond acceptors (Lipinski definition) is 4. The molecule has 2 aliphatic heterocycles. The molecule has 2 amide bonds. The zero-order valence-electron chi connectivity index (χ0n) is 16.6. The van der Waals surface area contributed by atoms with E-state index in [1.54, 1.807) is 4.68 Å². The third-order valence-corrected chi connectivity index (χ3v) is 5.81. The van der Waals surface area contributed by atoms with Crippen LogP contribution in [0.1, 0.15) is 35.4 Å². The second-order valence-electron chi connectivity index (χ2n) is 7.72. The maximum Gasteiger partial charge on any atom is 0.225 e. The van der Waals surface area contributed by atoms with E-state index in [9.17, 15) is 9.59 Å². The van der Waals surface area contributed by atoms with Crippen molar-refractivity contribution in [1.29, 1.82) is 0 Å². The second kappa shape index (κ2) is 9.41. The van der Waals surface area contributed by atoms with Crippen molar-refractivity contribution in [2.24, 2.45) is 13.0 Å². The lowest BCUT2D eigenvalue weighted by Crippen LogP contribution is -2.34. The Morgan fingerprint density at radius 2 is 2.07 bits per heavy atom. The summed E-state index contributed by atoms with van der Waals surface area (Å²) >= 11 is 0. The quantitative estimate of drug-likeness (QED) is 0.748. The first-order valence-corrected chi connectivity index (χ1v) is 9.93. The van der Waals surface area contributed by atoms with Gasteiger partial charge in [-0.05, 0) is 23.1 Å². The molecular formula is C21H28ClN5O2. The van der Waals surface area contributed by atoms with Gasteiger partial charge in [0.1, 0.15) is 0 Å². The van der Waals surface area contributed by atoms with Gasteiger partial charge in [-0.3, -0.25) is 14.3 Å². The van der Waals surface area contributed by atoms with Crippen molar-refractivity contribution in [1.82, 2.24) is 25.3 Å². The fraction of sp³-hybridized carbons (Fsp3) is 0.476. The van der Waals surface area contributed by atoms with Crippen molar-refractivity contribution in [3.05, 3.63) is 53.3 Å². The van der Waals surface area contributed by atoms with Crippen LogP contribution < -0.4 is 10.6 Å². The molecule has 3 heterocycles. The smallest absolute Gasteiger partial charge is 0.225 e. The molecule has 2 fully saturated rings. The van der Waals surface area contributed by atoms with Gasteiger partial charge in [-0.2, -0.15) is 5.10 Å². The molecule has 2 atom stereocenters. The normalized spacial score (nSPS) is 21.3. The molecular weight excluding hydrogens is 390 g/mol. The Morgan fingerprint density at radius 3 is 2.76 bits per heavy atom. The molecule has 0 unspecified atom stereocenters. The van der Waals surface area contributed by atoms with Crippen LogP contribution in [0.15, 0.2) is 36.7 Å². The van der Waals surface area contributed by atoms with E-state index in [1.807, 2.05) is 48.6 Å². The minimum atomic E-state index is -0.100. The first kappa shape index (κ1) is 21.3. The number of aryl methyl sites for hydroxylation is 1. The SMILES string of the molecule is Cl.Cn1cc([C@H]2CNC[C@@H]2C(=O)NCc2ccccc2CN2CCCC2=O)cn1. The minimum Gasteiger partial charge on any atom is -0.352 e. The standard InChI is InChI=1S/C21H27N5O2.ClH/c1-25-13-17(10-24-25)18-11-22-12-19(18)21(28)23-9-15-5-2-3-6-16(15)14-26-8-4-7-20(26)27;/h2-3,5-6,10,13,18-19,22H,4,7-9,11-12,14H2,1H3,(H,23,28);1H/t18-,19+;/m1./s1.